The van der Waals surface area contributed by atoms with E-state index in [2.05, 4.69) is 11.9 Å². The molecule has 0 saturated heterocycles. The van der Waals surface area contributed by atoms with Crippen LogP contribution < -0.4 is 0 Å². The predicted molar refractivity (Wildman–Crippen MR) is 70.5 cm³/mol. The highest BCUT2D eigenvalue weighted by Gasteiger charge is 2.18. The maximum absolute atomic E-state index is 5.99. The Labute approximate surface area is 112 Å². The van der Waals surface area contributed by atoms with Gasteiger partial charge in [-0.3, -0.25) is 0 Å². The fourth-order valence-electron chi connectivity index (χ4n) is 2.15. The van der Waals surface area contributed by atoms with Crippen molar-refractivity contribution in [1.29, 1.82) is 0 Å². The Morgan fingerprint density at radius 1 is 1.24 bits per heavy atom. The van der Waals surface area contributed by atoms with Crippen LogP contribution in [0.1, 0.15) is 38.2 Å². The standard InChI is InChI=1S/C13H17Cl2NO/c1-9-2-5-11(6-3-9)17-8-10-4-7-12(14)16-13(10)15/h4,7,9,11H,2-3,5-6,8H2,1H3. The number of rotatable bonds is 3. The first-order valence-corrected chi connectivity index (χ1v) is 6.83. The maximum atomic E-state index is 5.99. The summed E-state index contributed by atoms with van der Waals surface area (Å²) in [6.07, 6.45) is 5.20. The van der Waals surface area contributed by atoms with Crippen molar-refractivity contribution in [2.45, 2.75) is 45.3 Å². The minimum absolute atomic E-state index is 0.373. The van der Waals surface area contributed by atoms with Gasteiger partial charge in [0.2, 0.25) is 0 Å². The fraction of sp³-hybridized carbons (Fsp3) is 0.615. The second-order valence-corrected chi connectivity index (χ2v) is 5.52. The second-order valence-electron chi connectivity index (χ2n) is 4.78. The van der Waals surface area contributed by atoms with E-state index in [9.17, 15) is 0 Å². The van der Waals surface area contributed by atoms with Crippen LogP contribution in [0.5, 0.6) is 0 Å². The van der Waals surface area contributed by atoms with Crippen LogP contribution in [0.2, 0.25) is 10.3 Å². The van der Waals surface area contributed by atoms with Gasteiger partial charge in [-0.1, -0.05) is 36.2 Å². The van der Waals surface area contributed by atoms with Crippen LogP contribution in [0.25, 0.3) is 0 Å². The highest BCUT2D eigenvalue weighted by molar-refractivity contribution is 6.32. The molecule has 1 aliphatic carbocycles. The fourth-order valence-corrected chi connectivity index (χ4v) is 2.55. The Balaban J connectivity index is 1.85. The van der Waals surface area contributed by atoms with Crippen molar-refractivity contribution in [2.75, 3.05) is 0 Å². The summed E-state index contributed by atoms with van der Waals surface area (Å²) in [4.78, 5) is 4.00. The zero-order chi connectivity index (χ0) is 12.3. The number of halogens is 2. The van der Waals surface area contributed by atoms with Gasteiger partial charge in [0, 0.05) is 5.56 Å². The predicted octanol–water partition coefficient (Wildman–Crippen LogP) is 4.48. The van der Waals surface area contributed by atoms with Gasteiger partial charge in [0.25, 0.3) is 0 Å². The SMILES string of the molecule is CC1CCC(OCc2ccc(Cl)nc2Cl)CC1. The molecule has 17 heavy (non-hydrogen) atoms. The van der Waals surface area contributed by atoms with Gasteiger partial charge in [0.05, 0.1) is 12.7 Å². The van der Waals surface area contributed by atoms with Crippen molar-refractivity contribution in [2.24, 2.45) is 5.92 Å². The Morgan fingerprint density at radius 3 is 2.59 bits per heavy atom. The van der Waals surface area contributed by atoms with Gasteiger partial charge in [-0.05, 0) is 37.7 Å². The molecule has 1 saturated carbocycles. The van der Waals surface area contributed by atoms with Gasteiger partial charge in [0.1, 0.15) is 10.3 Å². The molecular formula is C13H17Cl2NO. The highest BCUT2D eigenvalue weighted by Crippen LogP contribution is 2.27. The molecule has 1 aromatic heterocycles. The normalized spacial score (nSPS) is 24.9. The second kappa shape index (κ2) is 6.03. The third-order valence-corrected chi connectivity index (χ3v) is 3.87. The van der Waals surface area contributed by atoms with E-state index in [-0.39, 0.29) is 0 Å². The van der Waals surface area contributed by atoms with Crippen LogP contribution in [0.15, 0.2) is 12.1 Å². The van der Waals surface area contributed by atoms with Crippen LogP contribution in [-0.2, 0) is 11.3 Å². The molecule has 2 nitrogen and oxygen atoms in total. The van der Waals surface area contributed by atoms with E-state index in [1.165, 1.54) is 12.8 Å². The molecule has 0 unspecified atom stereocenters. The van der Waals surface area contributed by atoms with Gasteiger partial charge in [-0.25, -0.2) is 4.98 Å². The first-order valence-electron chi connectivity index (χ1n) is 6.07. The summed E-state index contributed by atoms with van der Waals surface area (Å²) in [5, 5.41) is 0.868. The number of pyridine rings is 1. The minimum atomic E-state index is 0.373. The number of aromatic nitrogens is 1. The molecule has 0 spiro atoms. The number of hydrogen-bond donors (Lipinski definition) is 0. The smallest absolute Gasteiger partial charge is 0.136 e. The van der Waals surface area contributed by atoms with E-state index < -0.39 is 0 Å². The van der Waals surface area contributed by atoms with Gasteiger partial charge in [0.15, 0.2) is 0 Å². The van der Waals surface area contributed by atoms with Crippen molar-refractivity contribution in [1.82, 2.24) is 4.98 Å². The van der Waals surface area contributed by atoms with Gasteiger partial charge in [-0.2, -0.15) is 0 Å². The van der Waals surface area contributed by atoms with E-state index in [0.29, 0.717) is 23.0 Å². The summed E-state index contributed by atoms with van der Waals surface area (Å²) in [5.74, 6) is 0.843. The molecule has 1 aromatic rings. The van der Waals surface area contributed by atoms with Crippen LogP contribution in [0.4, 0.5) is 0 Å². The lowest BCUT2D eigenvalue weighted by Gasteiger charge is -2.26. The van der Waals surface area contributed by atoms with Crippen molar-refractivity contribution in [3.8, 4) is 0 Å². The summed E-state index contributed by atoms with van der Waals surface area (Å²) in [6.45, 7) is 2.83. The topological polar surface area (TPSA) is 22.1 Å². The van der Waals surface area contributed by atoms with E-state index in [1.54, 1.807) is 6.07 Å². The van der Waals surface area contributed by atoms with Crippen LogP contribution >= 0.6 is 23.2 Å². The molecule has 1 fully saturated rings. The Bertz CT molecular complexity index is 376. The summed E-state index contributed by atoms with van der Waals surface area (Å²) >= 11 is 11.7. The monoisotopic (exact) mass is 273 g/mol. The Hall–Kier alpha value is -0.310. The molecule has 2 rings (SSSR count). The molecule has 1 aliphatic rings. The lowest BCUT2D eigenvalue weighted by Crippen LogP contribution is -2.20. The highest BCUT2D eigenvalue weighted by atomic mass is 35.5. The van der Waals surface area contributed by atoms with E-state index in [0.717, 1.165) is 24.3 Å². The zero-order valence-electron chi connectivity index (χ0n) is 9.96. The third kappa shape index (κ3) is 3.84. The molecule has 0 aliphatic heterocycles. The van der Waals surface area contributed by atoms with Crippen LogP contribution in [0.3, 0.4) is 0 Å². The van der Waals surface area contributed by atoms with E-state index >= 15 is 0 Å². The van der Waals surface area contributed by atoms with Crippen molar-refractivity contribution in [3.63, 3.8) is 0 Å². The molecule has 0 amide bonds. The molecule has 0 bridgehead atoms. The lowest BCUT2D eigenvalue weighted by molar-refractivity contribution is 0.00870. The average molecular weight is 274 g/mol. The van der Waals surface area contributed by atoms with E-state index in [1.807, 2.05) is 6.07 Å². The third-order valence-electron chi connectivity index (χ3n) is 3.33. The molecule has 0 atom stereocenters. The van der Waals surface area contributed by atoms with Crippen molar-refractivity contribution >= 4 is 23.2 Å². The Morgan fingerprint density at radius 2 is 1.94 bits per heavy atom. The summed E-state index contributed by atoms with van der Waals surface area (Å²) in [7, 11) is 0. The molecule has 0 N–H and O–H groups in total. The Kier molecular flexibility index (Phi) is 4.66. The maximum Gasteiger partial charge on any atom is 0.136 e. The lowest BCUT2D eigenvalue weighted by atomic mass is 9.89. The largest absolute Gasteiger partial charge is 0.373 e. The number of nitrogens with zero attached hydrogens (tertiary/aromatic N) is 1. The van der Waals surface area contributed by atoms with E-state index in [4.69, 9.17) is 27.9 Å². The average Bonchev–Trinajstić information content (AvgIpc) is 2.30. The van der Waals surface area contributed by atoms with Gasteiger partial charge < -0.3 is 4.74 Å². The number of hydrogen-bond acceptors (Lipinski definition) is 2. The molecule has 1 heterocycles. The first kappa shape index (κ1) is 13.1. The molecule has 4 heteroatoms. The summed E-state index contributed by atoms with van der Waals surface area (Å²) in [6, 6.07) is 3.62. The van der Waals surface area contributed by atoms with Crippen molar-refractivity contribution < 1.29 is 4.74 Å². The summed E-state index contributed by atoms with van der Waals surface area (Å²) in [5.41, 5.74) is 0.912. The van der Waals surface area contributed by atoms with Crippen LogP contribution in [0, 0.1) is 5.92 Å². The first-order chi connectivity index (χ1) is 8.15. The zero-order valence-corrected chi connectivity index (χ0v) is 11.5. The minimum Gasteiger partial charge on any atom is -0.373 e. The summed E-state index contributed by atoms with van der Waals surface area (Å²) < 4.78 is 5.87. The molecule has 0 radical (unpaired) electrons. The van der Waals surface area contributed by atoms with Gasteiger partial charge >= 0.3 is 0 Å². The van der Waals surface area contributed by atoms with Crippen molar-refractivity contribution in [3.05, 3.63) is 28.0 Å². The van der Waals surface area contributed by atoms with Gasteiger partial charge in [-0.15, -0.1) is 0 Å². The molecule has 94 valence electrons. The van der Waals surface area contributed by atoms with Crippen LogP contribution in [-0.4, -0.2) is 11.1 Å². The quantitative estimate of drug-likeness (QED) is 0.758. The molecular weight excluding hydrogens is 257 g/mol. The molecule has 0 aromatic carbocycles. The number of ether oxygens (including phenoxy) is 1.